The van der Waals surface area contributed by atoms with E-state index < -0.39 is 35.9 Å². The van der Waals surface area contributed by atoms with Gasteiger partial charge in [-0.15, -0.1) is 5.10 Å². The third-order valence-electron chi connectivity index (χ3n) is 11.2. The van der Waals surface area contributed by atoms with E-state index in [1.807, 2.05) is 26.2 Å². The molecule has 63 heavy (non-hydrogen) atoms. The molecule has 3 heterocycles. The number of rotatable bonds is 16. The number of methoxy groups -OCH3 is 3. The molecule has 2 aromatic heterocycles. The van der Waals surface area contributed by atoms with E-state index in [1.165, 1.54) is 15.1 Å². The van der Waals surface area contributed by atoms with E-state index in [2.05, 4.69) is 30.2 Å². The molecule has 5 aromatic carbocycles. The SMILES string of the molecule is COc1ccc(CN(Cc2ccc(OC)cc2)S(=O)(=O)c2c(S(=O)(=O)NC3CC[N+](C)(C)C3)ccc(-c3cccc4[nH]c(N)nc34)c2-c2nnnn2Cc2ccc(OC)cc2)cc1. The van der Waals surface area contributed by atoms with Gasteiger partial charge in [0, 0.05) is 25.1 Å². The van der Waals surface area contributed by atoms with Crippen molar-refractivity contribution in [1.29, 1.82) is 0 Å². The van der Waals surface area contributed by atoms with Crippen molar-refractivity contribution in [3.8, 4) is 39.8 Å². The zero-order valence-corrected chi connectivity index (χ0v) is 37.2. The van der Waals surface area contributed by atoms with Crippen LogP contribution in [-0.4, -0.2) is 110 Å². The van der Waals surface area contributed by atoms with E-state index in [1.54, 1.807) is 106 Å². The molecule has 1 fully saturated rings. The summed E-state index contributed by atoms with van der Waals surface area (Å²) in [5.41, 5.74) is 9.95. The number of nitrogens with zero attached hydrogens (tertiary/aromatic N) is 7. The molecular weight excluding hydrogens is 845 g/mol. The molecule has 328 valence electrons. The maximum absolute atomic E-state index is 16.2. The van der Waals surface area contributed by atoms with Gasteiger partial charge in [-0.3, -0.25) is 0 Å². The van der Waals surface area contributed by atoms with Crippen molar-refractivity contribution in [3.05, 3.63) is 120 Å². The van der Waals surface area contributed by atoms with E-state index in [0.29, 0.717) is 68.0 Å². The van der Waals surface area contributed by atoms with Crippen LogP contribution in [0.1, 0.15) is 23.1 Å². The fraction of sp³-hybridized carbons (Fsp3) is 0.273. The molecule has 0 amide bonds. The van der Waals surface area contributed by atoms with Crippen molar-refractivity contribution in [3.63, 3.8) is 0 Å². The number of fused-ring (bicyclic) bond motifs is 1. The zero-order valence-electron chi connectivity index (χ0n) is 35.5. The number of para-hydroxylation sites is 1. The maximum atomic E-state index is 16.2. The average Bonchev–Trinajstić information content (AvgIpc) is 4.00. The number of ether oxygens (including phenoxy) is 3. The summed E-state index contributed by atoms with van der Waals surface area (Å²) >= 11 is 0. The Morgan fingerprint density at radius 2 is 1.38 bits per heavy atom. The molecule has 1 aliphatic rings. The molecule has 7 aromatic rings. The van der Waals surface area contributed by atoms with E-state index in [4.69, 9.17) is 19.9 Å². The van der Waals surface area contributed by atoms with Crippen LogP contribution < -0.4 is 24.7 Å². The number of likely N-dealkylation sites (N-methyl/N-ethyl adjacent to an activating group) is 1. The summed E-state index contributed by atoms with van der Waals surface area (Å²) in [6, 6.07) is 29.1. The number of nitrogens with two attached hydrogens (primary N) is 1. The molecule has 1 atom stereocenters. The molecule has 0 aliphatic carbocycles. The molecule has 1 aliphatic heterocycles. The lowest BCUT2D eigenvalue weighted by Gasteiger charge is -2.27. The Morgan fingerprint density at radius 3 is 1.94 bits per heavy atom. The number of benzene rings is 5. The average molecular weight is 894 g/mol. The van der Waals surface area contributed by atoms with Crippen LogP contribution >= 0.6 is 0 Å². The Kier molecular flexibility index (Phi) is 12.0. The van der Waals surface area contributed by atoms with E-state index in [-0.39, 0.29) is 37.0 Å². The molecule has 19 heteroatoms. The van der Waals surface area contributed by atoms with Gasteiger partial charge < -0.3 is 29.4 Å². The summed E-state index contributed by atoms with van der Waals surface area (Å²) in [4.78, 5) is 6.67. The topological polar surface area (TPSA) is 210 Å². The zero-order chi connectivity index (χ0) is 44.5. The molecule has 8 rings (SSSR count). The quantitative estimate of drug-likeness (QED) is 0.109. The van der Waals surface area contributed by atoms with E-state index >= 15 is 16.8 Å². The van der Waals surface area contributed by atoms with Gasteiger partial charge in [-0.1, -0.05) is 54.6 Å². The second kappa shape index (κ2) is 17.4. The van der Waals surface area contributed by atoms with Gasteiger partial charge in [0.2, 0.25) is 20.0 Å². The van der Waals surface area contributed by atoms with Crippen LogP contribution in [0.3, 0.4) is 0 Å². The van der Waals surface area contributed by atoms with Crippen molar-refractivity contribution in [2.45, 2.75) is 41.9 Å². The Balaban J connectivity index is 1.41. The highest BCUT2D eigenvalue weighted by atomic mass is 32.2. The van der Waals surface area contributed by atoms with Gasteiger partial charge >= 0.3 is 0 Å². The van der Waals surface area contributed by atoms with Crippen molar-refractivity contribution in [2.24, 2.45) is 0 Å². The highest BCUT2D eigenvalue weighted by Crippen LogP contribution is 2.44. The highest BCUT2D eigenvalue weighted by molar-refractivity contribution is 7.92. The minimum Gasteiger partial charge on any atom is -0.497 e. The first-order chi connectivity index (χ1) is 30.2. The predicted octanol–water partition coefficient (Wildman–Crippen LogP) is 5.06. The van der Waals surface area contributed by atoms with Gasteiger partial charge in [0.05, 0.1) is 77.7 Å². The van der Waals surface area contributed by atoms with E-state index in [0.717, 1.165) is 12.1 Å². The van der Waals surface area contributed by atoms with Crippen molar-refractivity contribution in [1.82, 2.24) is 39.2 Å². The fourth-order valence-electron chi connectivity index (χ4n) is 8.03. The molecule has 0 radical (unpaired) electrons. The predicted molar refractivity (Wildman–Crippen MR) is 238 cm³/mol. The monoisotopic (exact) mass is 893 g/mol. The summed E-state index contributed by atoms with van der Waals surface area (Å²) in [5.74, 6) is 1.96. The third kappa shape index (κ3) is 9.09. The summed E-state index contributed by atoms with van der Waals surface area (Å²) in [5, 5.41) is 12.9. The summed E-state index contributed by atoms with van der Waals surface area (Å²) < 4.78 is 84.7. The van der Waals surface area contributed by atoms with Gasteiger partial charge in [-0.2, -0.15) is 4.31 Å². The molecule has 1 unspecified atom stereocenters. The number of aromatic amines is 1. The number of H-pyrrole nitrogens is 1. The largest absolute Gasteiger partial charge is 0.497 e. The van der Waals surface area contributed by atoms with Crippen LogP contribution in [-0.2, 0) is 39.7 Å². The lowest BCUT2D eigenvalue weighted by atomic mass is 9.97. The van der Waals surface area contributed by atoms with Gasteiger partial charge in [0.15, 0.2) is 11.8 Å². The first-order valence-corrected chi connectivity index (χ1v) is 23.0. The molecule has 0 saturated carbocycles. The molecule has 0 spiro atoms. The van der Waals surface area contributed by atoms with Gasteiger partial charge in [-0.25, -0.2) is 31.2 Å². The summed E-state index contributed by atoms with van der Waals surface area (Å²) in [6.07, 6.45) is 0.559. The summed E-state index contributed by atoms with van der Waals surface area (Å²) in [7, 11) is -0.714. The third-order valence-corrected chi connectivity index (χ3v) is 14.8. The molecule has 4 N–H and O–H groups in total. The Morgan fingerprint density at radius 1 is 0.794 bits per heavy atom. The van der Waals surface area contributed by atoms with Gasteiger partial charge in [0.1, 0.15) is 27.0 Å². The van der Waals surface area contributed by atoms with Crippen LogP contribution in [0.5, 0.6) is 17.2 Å². The Hall–Kier alpha value is -6.38. The van der Waals surface area contributed by atoms with Gasteiger partial charge in [-0.05, 0) is 81.2 Å². The lowest BCUT2D eigenvalue weighted by molar-refractivity contribution is -0.878. The number of hydrogen-bond donors (Lipinski definition) is 3. The molecule has 17 nitrogen and oxygen atoms in total. The number of sulfonamides is 2. The number of aromatic nitrogens is 6. The first kappa shape index (κ1) is 43.3. The van der Waals surface area contributed by atoms with Crippen LogP contribution in [0.15, 0.2) is 113 Å². The second-order valence-corrected chi connectivity index (χ2v) is 19.6. The Labute approximate surface area is 366 Å². The Bertz CT molecular complexity index is 2920. The molecule has 0 bridgehead atoms. The standard InChI is InChI=1S/C44H49N10O7S2/c1-54(2)24-23-32(28-54)49-62(55,56)39-22-21-36(37-7-6-8-38-41(37)47-44(45)46-38)40(43-48-50-51-53(43)27-31-13-19-35(61-5)20-14-31)42(39)63(57,58)52(25-29-9-15-33(59-3)16-10-29)26-30-11-17-34(60-4)18-12-30/h6-22,32,49H,23-28H2,1-5H3,(H3,45,46,47)/q+1. The smallest absolute Gasteiger partial charge is 0.245 e. The molecular formula is C44H49N10O7S2+. The second-order valence-electron chi connectivity index (χ2n) is 16.1. The van der Waals surface area contributed by atoms with Crippen molar-refractivity contribution < 1.29 is 35.5 Å². The number of nitrogen functional groups attached to an aromatic ring is 1. The summed E-state index contributed by atoms with van der Waals surface area (Å²) in [6.45, 7) is 1.04. The lowest BCUT2D eigenvalue weighted by Crippen LogP contribution is -2.43. The maximum Gasteiger partial charge on any atom is 0.245 e. The number of quaternary nitrogens is 1. The first-order valence-electron chi connectivity index (χ1n) is 20.1. The van der Waals surface area contributed by atoms with E-state index in [9.17, 15) is 0 Å². The highest BCUT2D eigenvalue weighted by Gasteiger charge is 2.41. The van der Waals surface area contributed by atoms with Crippen LogP contribution in [0, 0.1) is 0 Å². The number of nitrogens with one attached hydrogen (secondary N) is 2. The van der Waals surface area contributed by atoms with Gasteiger partial charge in [0.25, 0.3) is 0 Å². The normalized spacial score (nSPS) is 15.2. The van der Waals surface area contributed by atoms with Crippen molar-refractivity contribution in [2.75, 3.05) is 54.2 Å². The van der Waals surface area contributed by atoms with Crippen LogP contribution in [0.4, 0.5) is 5.95 Å². The number of hydrogen-bond acceptors (Lipinski definition) is 12. The number of likely N-dealkylation sites (tertiary alicyclic amines) is 1. The van der Waals surface area contributed by atoms with Crippen LogP contribution in [0.25, 0.3) is 33.5 Å². The molecule has 1 saturated heterocycles. The number of imidazole rings is 1. The number of anilines is 1. The minimum atomic E-state index is -4.86. The fourth-order valence-corrected chi connectivity index (χ4v) is 11.7. The van der Waals surface area contributed by atoms with Crippen LogP contribution in [0.2, 0.25) is 0 Å². The number of tetrazole rings is 1. The minimum absolute atomic E-state index is 0.00413. The van der Waals surface area contributed by atoms with Crippen molar-refractivity contribution >= 4 is 37.0 Å².